The van der Waals surface area contributed by atoms with Crippen LogP contribution in [0.5, 0.6) is 0 Å². The van der Waals surface area contributed by atoms with Crippen LogP contribution in [0.15, 0.2) is 48.5 Å². The Morgan fingerprint density at radius 2 is 1.95 bits per heavy atom. The minimum atomic E-state index is 0.0338. The van der Waals surface area contributed by atoms with Crippen LogP contribution in [0.3, 0.4) is 0 Å². The smallest absolute Gasteiger partial charge is 0.251 e. The number of nitrogens with one attached hydrogen (secondary N) is 2. The molecule has 0 saturated carbocycles. The Kier molecular flexibility index (Phi) is 4.31. The van der Waals surface area contributed by atoms with Gasteiger partial charge >= 0.3 is 0 Å². The van der Waals surface area contributed by atoms with E-state index < -0.39 is 0 Å². The van der Waals surface area contributed by atoms with E-state index in [-0.39, 0.29) is 5.91 Å². The second-order valence-corrected chi connectivity index (χ2v) is 5.36. The van der Waals surface area contributed by atoms with Crippen LogP contribution in [-0.4, -0.2) is 19.0 Å². The Balaban J connectivity index is 1.63. The first-order valence-corrected chi connectivity index (χ1v) is 7.48. The summed E-state index contributed by atoms with van der Waals surface area (Å²) in [5, 5.41) is 6.37. The molecule has 3 heteroatoms. The lowest BCUT2D eigenvalue weighted by Crippen LogP contribution is -2.30. The van der Waals surface area contributed by atoms with Gasteiger partial charge in [0.05, 0.1) is 0 Å². The van der Waals surface area contributed by atoms with Gasteiger partial charge in [0, 0.05) is 18.7 Å². The molecular weight excluding hydrogens is 260 g/mol. The van der Waals surface area contributed by atoms with Crippen LogP contribution < -0.4 is 10.6 Å². The first-order valence-electron chi connectivity index (χ1n) is 7.48. The van der Waals surface area contributed by atoms with E-state index >= 15 is 0 Å². The average molecular weight is 280 g/mol. The molecule has 0 fully saturated rings. The number of hydrogen-bond acceptors (Lipinski definition) is 2. The molecule has 0 radical (unpaired) electrons. The van der Waals surface area contributed by atoms with E-state index in [2.05, 4.69) is 28.8 Å². The molecule has 0 aliphatic carbocycles. The van der Waals surface area contributed by atoms with Crippen molar-refractivity contribution in [2.24, 2.45) is 0 Å². The number of fused-ring (bicyclic) bond motifs is 1. The van der Waals surface area contributed by atoms with Gasteiger partial charge in [0.1, 0.15) is 0 Å². The predicted octanol–water partition coefficient (Wildman–Crippen LogP) is 2.30. The fraction of sp³-hybridized carbons (Fsp3) is 0.278. The summed E-state index contributed by atoms with van der Waals surface area (Å²) in [7, 11) is 0. The highest BCUT2D eigenvalue weighted by atomic mass is 16.1. The highest BCUT2D eigenvalue weighted by molar-refractivity contribution is 5.96. The number of hydrogen-bond donors (Lipinski definition) is 2. The summed E-state index contributed by atoms with van der Waals surface area (Å²) < 4.78 is 0. The lowest BCUT2D eigenvalue weighted by Gasteiger charge is -2.20. The first kappa shape index (κ1) is 13.8. The Bertz CT molecular complexity index is 622. The Hall–Kier alpha value is -2.13. The zero-order chi connectivity index (χ0) is 14.5. The SMILES string of the molecule is O=C(NCCc1ccccc1)c1cccc2c1CNCC2. The number of benzene rings is 2. The minimum Gasteiger partial charge on any atom is -0.352 e. The largest absolute Gasteiger partial charge is 0.352 e. The van der Waals surface area contributed by atoms with Crippen LogP contribution in [0.25, 0.3) is 0 Å². The van der Waals surface area contributed by atoms with Gasteiger partial charge in [-0.2, -0.15) is 0 Å². The highest BCUT2D eigenvalue weighted by Gasteiger charge is 2.16. The molecule has 3 rings (SSSR count). The van der Waals surface area contributed by atoms with Gasteiger partial charge in [0.25, 0.3) is 5.91 Å². The van der Waals surface area contributed by atoms with Crippen LogP contribution in [0, 0.1) is 0 Å². The molecule has 0 spiro atoms. The van der Waals surface area contributed by atoms with Crippen molar-refractivity contribution in [1.29, 1.82) is 0 Å². The van der Waals surface area contributed by atoms with Gasteiger partial charge in [0.15, 0.2) is 0 Å². The maximum Gasteiger partial charge on any atom is 0.251 e. The summed E-state index contributed by atoms with van der Waals surface area (Å²) in [6.45, 7) is 2.45. The van der Waals surface area contributed by atoms with Crippen LogP contribution in [0.1, 0.15) is 27.0 Å². The molecule has 3 nitrogen and oxygen atoms in total. The second-order valence-electron chi connectivity index (χ2n) is 5.36. The molecule has 0 bridgehead atoms. The zero-order valence-corrected chi connectivity index (χ0v) is 12.1. The van der Waals surface area contributed by atoms with Gasteiger partial charge in [-0.3, -0.25) is 4.79 Å². The molecule has 0 aromatic heterocycles. The predicted molar refractivity (Wildman–Crippen MR) is 84.3 cm³/mol. The van der Waals surface area contributed by atoms with E-state index in [9.17, 15) is 4.79 Å². The van der Waals surface area contributed by atoms with Crippen molar-refractivity contribution in [2.45, 2.75) is 19.4 Å². The molecule has 108 valence electrons. The van der Waals surface area contributed by atoms with E-state index in [1.54, 1.807) is 0 Å². The second kappa shape index (κ2) is 6.55. The van der Waals surface area contributed by atoms with Gasteiger partial charge in [0.2, 0.25) is 0 Å². The standard InChI is InChI=1S/C18H20N2O/c21-18(20-12-9-14-5-2-1-3-6-14)16-8-4-7-15-10-11-19-13-17(15)16/h1-8,19H,9-13H2,(H,20,21). The molecule has 1 aliphatic rings. The Labute approximate surface area is 125 Å². The molecule has 2 aromatic carbocycles. The van der Waals surface area contributed by atoms with Gasteiger partial charge in [-0.15, -0.1) is 0 Å². The maximum atomic E-state index is 12.4. The third kappa shape index (κ3) is 3.31. The molecule has 0 saturated heterocycles. The van der Waals surface area contributed by atoms with E-state index in [1.165, 1.54) is 11.1 Å². The van der Waals surface area contributed by atoms with Gasteiger partial charge in [-0.25, -0.2) is 0 Å². The van der Waals surface area contributed by atoms with Crippen molar-refractivity contribution in [3.63, 3.8) is 0 Å². The third-order valence-electron chi connectivity index (χ3n) is 3.93. The van der Waals surface area contributed by atoms with E-state index in [4.69, 9.17) is 0 Å². The maximum absolute atomic E-state index is 12.4. The van der Waals surface area contributed by atoms with Crippen molar-refractivity contribution >= 4 is 5.91 Å². The summed E-state index contributed by atoms with van der Waals surface area (Å²) in [4.78, 5) is 12.4. The van der Waals surface area contributed by atoms with Crippen molar-refractivity contribution in [3.8, 4) is 0 Å². The minimum absolute atomic E-state index is 0.0338. The summed E-state index contributed by atoms with van der Waals surface area (Å²) in [5.74, 6) is 0.0338. The fourth-order valence-electron chi connectivity index (χ4n) is 2.79. The summed E-state index contributed by atoms with van der Waals surface area (Å²) in [6, 6.07) is 16.2. The fourth-order valence-corrected chi connectivity index (χ4v) is 2.79. The van der Waals surface area contributed by atoms with Crippen molar-refractivity contribution < 1.29 is 4.79 Å². The number of rotatable bonds is 4. The zero-order valence-electron chi connectivity index (χ0n) is 12.1. The number of carbonyl (C=O) groups excluding carboxylic acids is 1. The summed E-state index contributed by atoms with van der Waals surface area (Å²) in [6.07, 6.45) is 1.86. The Morgan fingerprint density at radius 1 is 1.10 bits per heavy atom. The average Bonchev–Trinajstić information content (AvgIpc) is 2.55. The molecule has 1 aliphatic heterocycles. The summed E-state index contributed by atoms with van der Waals surface area (Å²) in [5.41, 5.74) is 4.51. The molecule has 0 atom stereocenters. The van der Waals surface area contributed by atoms with E-state index in [0.717, 1.165) is 37.1 Å². The molecular formula is C18H20N2O. The van der Waals surface area contributed by atoms with Crippen LogP contribution in [0.4, 0.5) is 0 Å². The highest BCUT2D eigenvalue weighted by Crippen LogP contribution is 2.18. The Morgan fingerprint density at radius 3 is 2.81 bits per heavy atom. The van der Waals surface area contributed by atoms with Crippen molar-refractivity contribution in [2.75, 3.05) is 13.1 Å². The first-order chi connectivity index (χ1) is 10.3. The lowest BCUT2D eigenvalue weighted by atomic mass is 9.95. The lowest BCUT2D eigenvalue weighted by molar-refractivity contribution is 0.0953. The normalized spacial score (nSPS) is 13.5. The van der Waals surface area contributed by atoms with Crippen LogP contribution in [0.2, 0.25) is 0 Å². The molecule has 0 unspecified atom stereocenters. The van der Waals surface area contributed by atoms with E-state index in [0.29, 0.717) is 6.54 Å². The molecule has 1 heterocycles. The number of amides is 1. The number of carbonyl (C=O) groups is 1. The molecule has 1 amide bonds. The molecule has 2 N–H and O–H groups in total. The topological polar surface area (TPSA) is 41.1 Å². The van der Waals surface area contributed by atoms with Crippen LogP contribution in [-0.2, 0) is 19.4 Å². The third-order valence-corrected chi connectivity index (χ3v) is 3.93. The van der Waals surface area contributed by atoms with Gasteiger partial charge < -0.3 is 10.6 Å². The van der Waals surface area contributed by atoms with Crippen molar-refractivity contribution in [3.05, 3.63) is 70.8 Å². The van der Waals surface area contributed by atoms with Gasteiger partial charge in [-0.1, -0.05) is 42.5 Å². The van der Waals surface area contributed by atoms with E-state index in [1.807, 2.05) is 30.3 Å². The summed E-state index contributed by atoms with van der Waals surface area (Å²) >= 11 is 0. The van der Waals surface area contributed by atoms with Crippen LogP contribution >= 0.6 is 0 Å². The van der Waals surface area contributed by atoms with Gasteiger partial charge in [-0.05, 0) is 42.1 Å². The quantitative estimate of drug-likeness (QED) is 0.902. The molecule has 2 aromatic rings. The molecule has 21 heavy (non-hydrogen) atoms. The van der Waals surface area contributed by atoms with Crippen molar-refractivity contribution in [1.82, 2.24) is 10.6 Å². The monoisotopic (exact) mass is 280 g/mol.